The Labute approximate surface area is 140 Å². The fraction of sp³-hybridized carbons (Fsp3) is 0.389. The van der Waals surface area contributed by atoms with Gasteiger partial charge < -0.3 is 9.30 Å². The number of aryl methyl sites for hydroxylation is 2. The summed E-state index contributed by atoms with van der Waals surface area (Å²) in [6.45, 7) is 5.66. The Morgan fingerprint density at radius 3 is 3.00 bits per heavy atom. The molecule has 0 unspecified atom stereocenters. The predicted molar refractivity (Wildman–Crippen MR) is 93.7 cm³/mol. The molecule has 1 saturated heterocycles. The van der Waals surface area contributed by atoms with Gasteiger partial charge in [-0.3, -0.25) is 4.90 Å². The number of ether oxygens (including phenoxy) is 1. The van der Waals surface area contributed by atoms with E-state index in [0.29, 0.717) is 0 Å². The molecule has 0 bridgehead atoms. The molecule has 4 nitrogen and oxygen atoms in total. The number of aromatic nitrogens is 2. The number of fused-ring (bicyclic) bond motifs is 1. The highest BCUT2D eigenvalue weighted by atomic mass is 32.1. The van der Waals surface area contributed by atoms with Crippen LogP contribution in [0.1, 0.15) is 22.5 Å². The third kappa shape index (κ3) is 3.04. The topological polar surface area (TPSA) is 30.3 Å². The van der Waals surface area contributed by atoms with Gasteiger partial charge in [0.15, 0.2) is 0 Å². The van der Waals surface area contributed by atoms with Gasteiger partial charge in [0, 0.05) is 42.5 Å². The van der Waals surface area contributed by atoms with Gasteiger partial charge in [-0.25, -0.2) is 4.98 Å². The summed E-state index contributed by atoms with van der Waals surface area (Å²) in [5.41, 5.74) is 1.05. The second-order valence-electron chi connectivity index (χ2n) is 6.20. The number of morpholine rings is 1. The lowest BCUT2D eigenvalue weighted by Crippen LogP contribution is -2.38. The molecule has 5 heteroatoms. The van der Waals surface area contributed by atoms with Crippen molar-refractivity contribution >= 4 is 21.4 Å². The van der Waals surface area contributed by atoms with E-state index in [1.54, 1.807) is 0 Å². The molecule has 3 heterocycles. The van der Waals surface area contributed by atoms with E-state index in [2.05, 4.69) is 51.0 Å². The van der Waals surface area contributed by atoms with Gasteiger partial charge >= 0.3 is 0 Å². The predicted octanol–water partition coefficient (Wildman–Crippen LogP) is 3.52. The van der Waals surface area contributed by atoms with Gasteiger partial charge in [-0.1, -0.05) is 18.2 Å². The SMILES string of the molecule is Cc1cn(C)c([C@@H]2CN(Cc3cc4ccccc4s3)CCO2)n1. The Balaban J connectivity index is 1.50. The normalized spacial score (nSPS) is 19.5. The maximum atomic E-state index is 5.96. The van der Waals surface area contributed by atoms with Gasteiger partial charge in [-0.15, -0.1) is 11.3 Å². The molecule has 1 atom stereocenters. The maximum absolute atomic E-state index is 5.96. The highest BCUT2D eigenvalue weighted by Gasteiger charge is 2.25. The maximum Gasteiger partial charge on any atom is 0.139 e. The molecular weight excluding hydrogens is 306 g/mol. The highest BCUT2D eigenvalue weighted by Crippen LogP contribution is 2.28. The summed E-state index contributed by atoms with van der Waals surface area (Å²) >= 11 is 1.89. The van der Waals surface area contributed by atoms with Gasteiger partial charge in [-0.2, -0.15) is 0 Å². The zero-order valence-corrected chi connectivity index (χ0v) is 14.3. The van der Waals surface area contributed by atoms with Crippen molar-refractivity contribution < 1.29 is 4.74 Å². The fourth-order valence-electron chi connectivity index (χ4n) is 3.27. The number of imidazole rings is 1. The minimum Gasteiger partial charge on any atom is -0.368 e. The number of nitrogens with zero attached hydrogens (tertiary/aromatic N) is 3. The lowest BCUT2D eigenvalue weighted by atomic mass is 10.2. The first-order chi connectivity index (χ1) is 11.2. The highest BCUT2D eigenvalue weighted by molar-refractivity contribution is 7.19. The van der Waals surface area contributed by atoms with Crippen LogP contribution in [0.5, 0.6) is 0 Å². The monoisotopic (exact) mass is 327 g/mol. The van der Waals surface area contributed by atoms with Crippen molar-refractivity contribution in [2.75, 3.05) is 19.7 Å². The molecule has 120 valence electrons. The molecule has 0 spiro atoms. The van der Waals surface area contributed by atoms with Crippen molar-refractivity contribution in [3.8, 4) is 0 Å². The van der Waals surface area contributed by atoms with Gasteiger partial charge in [0.1, 0.15) is 11.9 Å². The van der Waals surface area contributed by atoms with Crippen LogP contribution in [-0.4, -0.2) is 34.1 Å². The minimum atomic E-state index is 0.0665. The summed E-state index contributed by atoms with van der Waals surface area (Å²) < 4.78 is 9.42. The molecule has 0 radical (unpaired) electrons. The Morgan fingerprint density at radius 1 is 1.35 bits per heavy atom. The lowest BCUT2D eigenvalue weighted by Gasteiger charge is -2.32. The first-order valence-electron chi connectivity index (χ1n) is 8.00. The molecule has 0 N–H and O–H groups in total. The smallest absolute Gasteiger partial charge is 0.139 e. The molecule has 0 aliphatic carbocycles. The van der Waals surface area contributed by atoms with E-state index < -0.39 is 0 Å². The van der Waals surface area contributed by atoms with E-state index in [9.17, 15) is 0 Å². The average molecular weight is 327 g/mol. The zero-order valence-electron chi connectivity index (χ0n) is 13.5. The molecule has 1 aliphatic rings. The van der Waals surface area contributed by atoms with E-state index in [1.165, 1.54) is 15.0 Å². The fourth-order valence-corrected chi connectivity index (χ4v) is 4.38. The van der Waals surface area contributed by atoms with Crippen LogP contribution in [0.25, 0.3) is 10.1 Å². The number of hydrogen-bond acceptors (Lipinski definition) is 4. The van der Waals surface area contributed by atoms with E-state index in [4.69, 9.17) is 4.74 Å². The third-order valence-corrected chi connectivity index (χ3v) is 5.43. The second-order valence-corrected chi connectivity index (χ2v) is 7.36. The molecule has 1 aliphatic heterocycles. The van der Waals surface area contributed by atoms with E-state index in [-0.39, 0.29) is 6.10 Å². The lowest BCUT2D eigenvalue weighted by molar-refractivity contribution is -0.0381. The Bertz CT molecular complexity index is 790. The number of thiophene rings is 1. The van der Waals surface area contributed by atoms with Crippen LogP contribution in [0, 0.1) is 6.92 Å². The van der Waals surface area contributed by atoms with Crippen LogP contribution >= 0.6 is 11.3 Å². The van der Waals surface area contributed by atoms with Crippen LogP contribution < -0.4 is 0 Å². The van der Waals surface area contributed by atoms with E-state index >= 15 is 0 Å². The number of benzene rings is 1. The Hall–Kier alpha value is -1.69. The minimum absolute atomic E-state index is 0.0665. The molecule has 1 aromatic carbocycles. The van der Waals surface area contributed by atoms with Crippen molar-refractivity contribution in [2.45, 2.75) is 19.6 Å². The van der Waals surface area contributed by atoms with E-state index in [1.807, 2.05) is 25.3 Å². The van der Waals surface area contributed by atoms with Gasteiger partial charge in [0.25, 0.3) is 0 Å². The van der Waals surface area contributed by atoms with E-state index in [0.717, 1.165) is 37.8 Å². The molecule has 1 fully saturated rings. The molecule has 2 aromatic heterocycles. The van der Waals surface area contributed by atoms with Crippen molar-refractivity contribution in [2.24, 2.45) is 7.05 Å². The molecular formula is C18H21N3OS. The Kier molecular flexibility index (Phi) is 3.93. The van der Waals surface area contributed by atoms with Crippen molar-refractivity contribution in [3.63, 3.8) is 0 Å². The summed E-state index contributed by atoms with van der Waals surface area (Å²) in [5.74, 6) is 1.03. The van der Waals surface area contributed by atoms with Crippen LogP contribution in [0.15, 0.2) is 36.5 Å². The summed E-state index contributed by atoms with van der Waals surface area (Å²) in [4.78, 5) is 8.52. The van der Waals surface area contributed by atoms with Crippen LogP contribution in [-0.2, 0) is 18.3 Å². The van der Waals surface area contributed by atoms with Crippen LogP contribution in [0.4, 0.5) is 0 Å². The molecule has 0 saturated carbocycles. The summed E-state index contributed by atoms with van der Waals surface area (Å²) in [7, 11) is 2.05. The molecule has 0 amide bonds. The summed E-state index contributed by atoms with van der Waals surface area (Å²) in [6, 6.07) is 10.9. The zero-order chi connectivity index (χ0) is 15.8. The largest absolute Gasteiger partial charge is 0.368 e. The summed E-state index contributed by atoms with van der Waals surface area (Å²) in [5, 5.41) is 1.34. The van der Waals surface area contributed by atoms with Gasteiger partial charge in [-0.05, 0) is 24.4 Å². The van der Waals surface area contributed by atoms with Crippen molar-refractivity contribution in [1.29, 1.82) is 0 Å². The van der Waals surface area contributed by atoms with Gasteiger partial charge in [0.2, 0.25) is 0 Å². The quantitative estimate of drug-likeness (QED) is 0.737. The van der Waals surface area contributed by atoms with Crippen molar-refractivity contribution in [3.05, 3.63) is 52.9 Å². The molecule has 4 rings (SSSR count). The van der Waals surface area contributed by atoms with Crippen molar-refractivity contribution in [1.82, 2.24) is 14.5 Å². The second kappa shape index (κ2) is 6.07. The molecule has 3 aromatic rings. The van der Waals surface area contributed by atoms with Gasteiger partial charge in [0.05, 0.1) is 12.3 Å². The standard InChI is InChI=1S/C18H21N3OS/c1-13-10-20(2)18(19-13)16-12-21(7-8-22-16)11-15-9-14-5-3-4-6-17(14)23-15/h3-6,9-10,16H,7-8,11-12H2,1-2H3/t16-/m0/s1. The molecule has 23 heavy (non-hydrogen) atoms. The third-order valence-electron chi connectivity index (χ3n) is 4.33. The number of rotatable bonds is 3. The van der Waals surface area contributed by atoms with Crippen LogP contribution in [0.2, 0.25) is 0 Å². The average Bonchev–Trinajstić information content (AvgIpc) is 3.09. The first kappa shape index (κ1) is 14.9. The summed E-state index contributed by atoms with van der Waals surface area (Å²) in [6.07, 6.45) is 2.13. The Morgan fingerprint density at radius 2 is 2.22 bits per heavy atom. The number of hydrogen-bond donors (Lipinski definition) is 0. The first-order valence-corrected chi connectivity index (χ1v) is 8.82. The van der Waals surface area contributed by atoms with Crippen LogP contribution in [0.3, 0.4) is 0 Å².